The van der Waals surface area contributed by atoms with Gasteiger partial charge in [0.15, 0.2) is 0 Å². The fourth-order valence-electron chi connectivity index (χ4n) is 1.84. The highest BCUT2D eigenvalue weighted by molar-refractivity contribution is 5.01. The van der Waals surface area contributed by atoms with Crippen molar-refractivity contribution < 1.29 is 4.74 Å². The van der Waals surface area contributed by atoms with E-state index >= 15 is 0 Å². The zero-order valence-electron chi connectivity index (χ0n) is 11.1. The van der Waals surface area contributed by atoms with Crippen LogP contribution in [-0.2, 0) is 4.74 Å². The molecule has 1 saturated heterocycles. The predicted octanol–water partition coefficient (Wildman–Crippen LogP) is 1.35. The van der Waals surface area contributed by atoms with Crippen molar-refractivity contribution in [1.29, 1.82) is 0 Å². The molecule has 0 aromatic heterocycles. The predicted molar refractivity (Wildman–Crippen MR) is 67.0 cm³/mol. The Labute approximate surface area is 99.3 Å². The van der Waals surface area contributed by atoms with Gasteiger partial charge >= 0.3 is 0 Å². The minimum absolute atomic E-state index is 0.00418. The van der Waals surface area contributed by atoms with Crippen molar-refractivity contribution in [2.45, 2.75) is 53.0 Å². The minimum Gasteiger partial charge on any atom is -0.346 e. The van der Waals surface area contributed by atoms with Crippen LogP contribution in [0.1, 0.15) is 34.6 Å². The van der Waals surface area contributed by atoms with Gasteiger partial charge in [0, 0.05) is 19.1 Å². The van der Waals surface area contributed by atoms with E-state index in [9.17, 15) is 0 Å². The molecule has 0 aromatic carbocycles. The van der Waals surface area contributed by atoms with Gasteiger partial charge in [-0.25, -0.2) is 0 Å². The average Bonchev–Trinajstić information content (AvgIpc) is 2.17. The summed E-state index contributed by atoms with van der Waals surface area (Å²) in [6.45, 7) is 12.4. The van der Waals surface area contributed by atoms with Gasteiger partial charge in [0.1, 0.15) is 12.3 Å². The Morgan fingerprint density at radius 2 is 1.94 bits per heavy atom. The second-order valence-corrected chi connectivity index (χ2v) is 5.40. The molecule has 0 saturated carbocycles. The van der Waals surface area contributed by atoms with Crippen molar-refractivity contribution in [3.63, 3.8) is 0 Å². The van der Waals surface area contributed by atoms with Gasteiger partial charge in [0.2, 0.25) is 0 Å². The Hall–Kier alpha value is -0.560. The number of rotatable bonds is 2. The van der Waals surface area contributed by atoms with E-state index in [1.165, 1.54) is 0 Å². The van der Waals surface area contributed by atoms with Crippen LogP contribution >= 0.6 is 0 Å². The van der Waals surface area contributed by atoms with Crippen LogP contribution in [-0.4, -0.2) is 31.5 Å². The van der Waals surface area contributed by atoms with Crippen LogP contribution in [0.15, 0.2) is 0 Å². The Bertz CT molecular complexity index is 264. The summed E-state index contributed by atoms with van der Waals surface area (Å²) in [6, 6.07) is 0.500. The second kappa shape index (κ2) is 5.67. The molecular formula is C13H24N2O. The van der Waals surface area contributed by atoms with Crippen LogP contribution in [0, 0.1) is 17.3 Å². The van der Waals surface area contributed by atoms with Crippen LogP contribution in [0.25, 0.3) is 0 Å². The van der Waals surface area contributed by atoms with Gasteiger partial charge in [-0.05, 0) is 19.3 Å². The number of hydrogen-bond donors (Lipinski definition) is 2. The largest absolute Gasteiger partial charge is 0.346 e. The fourth-order valence-corrected chi connectivity index (χ4v) is 1.84. The lowest BCUT2D eigenvalue weighted by Gasteiger charge is -2.38. The highest BCUT2D eigenvalue weighted by Crippen LogP contribution is 2.20. The molecule has 3 heteroatoms. The quantitative estimate of drug-likeness (QED) is 0.695. The van der Waals surface area contributed by atoms with Crippen LogP contribution in [0.2, 0.25) is 0 Å². The van der Waals surface area contributed by atoms with E-state index in [2.05, 4.69) is 43.2 Å². The van der Waals surface area contributed by atoms with E-state index < -0.39 is 0 Å². The third-order valence-corrected chi connectivity index (χ3v) is 2.86. The third-order valence-electron chi connectivity index (χ3n) is 2.86. The van der Waals surface area contributed by atoms with Crippen LogP contribution in [0.4, 0.5) is 0 Å². The molecule has 1 aliphatic rings. The molecule has 2 N–H and O–H groups in total. The standard InChI is InChI=1S/C13H24N2O/c1-6-7-10(2)16-12-9-14-11(8-15-12)13(3,4)5/h10-12,14-15H,8-9H2,1-5H3/t10-,11?,12?/m0/s1. The summed E-state index contributed by atoms with van der Waals surface area (Å²) in [7, 11) is 0. The molecule has 0 bridgehead atoms. The highest BCUT2D eigenvalue weighted by Gasteiger charge is 2.29. The van der Waals surface area contributed by atoms with Gasteiger partial charge in [-0.1, -0.05) is 26.7 Å². The highest BCUT2D eigenvalue weighted by atomic mass is 16.5. The first-order valence-electron chi connectivity index (χ1n) is 5.98. The first-order valence-corrected chi connectivity index (χ1v) is 5.98. The van der Waals surface area contributed by atoms with Crippen molar-refractivity contribution in [2.75, 3.05) is 13.1 Å². The van der Waals surface area contributed by atoms with Crippen molar-refractivity contribution in [2.24, 2.45) is 5.41 Å². The number of piperazine rings is 1. The number of ether oxygens (including phenoxy) is 1. The fraction of sp³-hybridized carbons (Fsp3) is 0.846. The lowest BCUT2D eigenvalue weighted by atomic mass is 9.86. The maximum atomic E-state index is 5.75. The topological polar surface area (TPSA) is 33.3 Å². The van der Waals surface area contributed by atoms with E-state index in [1.807, 2.05) is 13.8 Å². The average molecular weight is 224 g/mol. The summed E-state index contributed by atoms with van der Waals surface area (Å²) >= 11 is 0. The molecule has 1 aliphatic heterocycles. The van der Waals surface area contributed by atoms with Gasteiger partial charge in [-0.15, -0.1) is 5.92 Å². The maximum Gasteiger partial charge on any atom is 0.122 e. The molecule has 1 rings (SSSR count). The zero-order valence-corrected chi connectivity index (χ0v) is 11.1. The first kappa shape index (κ1) is 13.5. The molecule has 1 fully saturated rings. The molecule has 0 spiro atoms. The van der Waals surface area contributed by atoms with Crippen molar-refractivity contribution >= 4 is 0 Å². The Kier molecular flexibility index (Phi) is 4.79. The van der Waals surface area contributed by atoms with Crippen molar-refractivity contribution in [1.82, 2.24) is 10.6 Å². The van der Waals surface area contributed by atoms with Gasteiger partial charge in [-0.2, -0.15) is 0 Å². The molecule has 0 aliphatic carbocycles. The monoisotopic (exact) mass is 224 g/mol. The molecule has 16 heavy (non-hydrogen) atoms. The zero-order chi connectivity index (χ0) is 12.2. The number of hydrogen-bond acceptors (Lipinski definition) is 3. The Morgan fingerprint density at radius 1 is 1.25 bits per heavy atom. The SMILES string of the molecule is CC#C[C@H](C)OC1CNC(C(C)(C)C)CN1. The molecule has 92 valence electrons. The van der Waals surface area contributed by atoms with E-state index in [1.54, 1.807) is 0 Å². The first-order chi connectivity index (χ1) is 7.43. The normalized spacial score (nSPS) is 28.1. The lowest BCUT2D eigenvalue weighted by Crippen LogP contribution is -2.59. The van der Waals surface area contributed by atoms with Gasteiger partial charge < -0.3 is 10.1 Å². The smallest absolute Gasteiger partial charge is 0.122 e. The van der Waals surface area contributed by atoms with Crippen molar-refractivity contribution in [3.05, 3.63) is 0 Å². The van der Waals surface area contributed by atoms with Crippen LogP contribution in [0.5, 0.6) is 0 Å². The minimum atomic E-state index is -0.00418. The summed E-state index contributed by atoms with van der Waals surface area (Å²) in [6.07, 6.45) is 0.0740. The lowest BCUT2D eigenvalue weighted by molar-refractivity contribution is -0.0150. The van der Waals surface area contributed by atoms with E-state index in [4.69, 9.17) is 4.74 Å². The van der Waals surface area contributed by atoms with Crippen molar-refractivity contribution in [3.8, 4) is 11.8 Å². The molecule has 2 unspecified atom stereocenters. The van der Waals surface area contributed by atoms with Crippen LogP contribution in [0.3, 0.4) is 0 Å². The summed E-state index contributed by atoms with van der Waals surface area (Å²) in [5, 5.41) is 6.93. The summed E-state index contributed by atoms with van der Waals surface area (Å²) in [4.78, 5) is 0. The summed E-state index contributed by atoms with van der Waals surface area (Å²) < 4.78 is 5.75. The maximum absolute atomic E-state index is 5.75. The second-order valence-electron chi connectivity index (χ2n) is 5.40. The molecule has 0 amide bonds. The van der Waals surface area contributed by atoms with Gasteiger partial charge in [0.25, 0.3) is 0 Å². The summed E-state index contributed by atoms with van der Waals surface area (Å²) in [5.74, 6) is 5.86. The molecule has 0 radical (unpaired) electrons. The molecule has 3 nitrogen and oxygen atoms in total. The molecule has 3 atom stereocenters. The van der Waals surface area contributed by atoms with Gasteiger partial charge in [-0.3, -0.25) is 5.32 Å². The summed E-state index contributed by atoms with van der Waals surface area (Å²) in [5.41, 5.74) is 0.285. The van der Waals surface area contributed by atoms with E-state index in [-0.39, 0.29) is 17.7 Å². The molecule has 1 heterocycles. The number of nitrogens with one attached hydrogen (secondary N) is 2. The van der Waals surface area contributed by atoms with Gasteiger partial charge in [0.05, 0.1) is 0 Å². The third kappa shape index (κ3) is 4.13. The van der Waals surface area contributed by atoms with E-state index in [0.717, 1.165) is 13.1 Å². The molecule has 0 aromatic rings. The Morgan fingerprint density at radius 3 is 2.38 bits per heavy atom. The van der Waals surface area contributed by atoms with E-state index in [0.29, 0.717) is 6.04 Å². The van der Waals surface area contributed by atoms with Crippen LogP contribution < -0.4 is 10.6 Å². The Balaban J connectivity index is 2.34. The molecular weight excluding hydrogens is 200 g/mol.